The van der Waals surface area contributed by atoms with Gasteiger partial charge in [-0.05, 0) is 25.6 Å². The molecule has 1 aliphatic rings. The Morgan fingerprint density at radius 3 is 2.85 bits per heavy atom. The van der Waals surface area contributed by atoms with Gasteiger partial charge in [0.2, 0.25) is 0 Å². The highest BCUT2D eigenvalue weighted by molar-refractivity contribution is 5.97. The van der Waals surface area contributed by atoms with Crippen LogP contribution in [0.5, 0.6) is 5.75 Å². The van der Waals surface area contributed by atoms with Crippen LogP contribution in [-0.4, -0.2) is 55.5 Å². The minimum Gasteiger partial charge on any atom is -0.496 e. The molecule has 1 aromatic rings. The largest absolute Gasteiger partial charge is 0.496 e. The molecule has 1 aromatic carbocycles. The Kier molecular flexibility index (Phi) is 4.60. The summed E-state index contributed by atoms with van der Waals surface area (Å²) in [7, 11) is 3.50. The number of hydrogen-bond acceptors (Lipinski definition) is 3. The fourth-order valence-electron chi connectivity index (χ4n) is 2.61. The van der Waals surface area contributed by atoms with Crippen molar-refractivity contribution in [3.05, 3.63) is 29.6 Å². The highest BCUT2D eigenvalue weighted by Crippen LogP contribution is 2.24. The summed E-state index contributed by atoms with van der Waals surface area (Å²) in [4.78, 5) is 16.5. The molecule has 0 spiro atoms. The van der Waals surface area contributed by atoms with Crippen LogP contribution in [0.3, 0.4) is 0 Å². The van der Waals surface area contributed by atoms with Crippen LogP contribution in [0.15, 0.2) is 18.2 Å². The molecule has 0 N–H and O–H groups in total. The minimum absolute atomic E-state index is 0.0365. The van der Waals surface area contributed by atoms with E-state index in [4.69, 9.17) is 4.74 Å². The second kappa shape index (κ2) is 6.22. The van der Waals surface area contributed by atoms with Gasteiger partial charge >= 0.3 is 0 Å². The van der Waals surface area contributed by atoms with Crippen molar-refractivity contribution in [2.75, 3.05) is 33.8 Å². The summed E-state index contributed by atoms with van der Waals surface area (Å²) >= 11 is 0. The lowest BCUT2D eigenvalue weighted by Gasteiger charge is -2.39. The highest BCUT2D eigenvalue weighted by atomic mass is 19.1. The first kappa shape index (κ1) is 14.8. The maximum Gasteiger partial charge on any atom is 0.260 e. The molecule has 20 heavy (non-hydrogen) atoms. The number of likely N-dealkylation sites (N-methyl/N-ethyl adjacent to an activating group) is 1. The minimum atomic E-state index is -0.527. The van der Waals surface area contributed by atoms with Gasteiger partial charge in [0.25, 0.3) is 5.91 Å². The second-order valence-corrected chi connectivity index (χ2v) is 5.11. The van der Waals surface area contributed by atoms with Gasteiger partial charge in [0, 0.05) is 25.7 Å². The fourth-order valence-corrected chi connectivity index (χ4v) is 2.61. The smallest absolute Gasteiger partial charge is 0.260 e. The van der Waals surface area contributed by atoms with Crippen molar-refractivity contribution in [2.24, 2.45) is 0 Å². The van der Waals surface area contributed by atoms with Gasteiger partial charge in [0.05, 0.1) is 7.11 Å². The molecule has 1 aliphatic heterocycles. The van der Waals surface area contributed by atoms with Crippen molar-refractivity contribution in [1.29, 1.82) is 0 Å². The summed E-state index contributed by atoms with van der Waals surface area (Å²) in [5.41, 5.74) is 0.0365. The van der Waals surface area contributed by atoms with Crippen LogP contribution in [0.25, 0.3) is 0 Å². The molecule has 0 radical (unpaired) electrons. The van der Waals surface area contributed by atoms with Gasteiger partial charge in [-0.3, -0.25) is 9.69 Å². The zero-order chi connectivity index (χ0) is 14.7. The molecule has 1 saturated heterocycles. The quantitative estimate of drug-likeness (QED) is 0.849. The molecule has 1 heterocycles. The van der Waals surface area contributed by atoms with E-state index >= 15 is 0 Å². The van der Waals surface area contributed by atoms with Crippen LogP contribution in [0.4, 0.5) is 4.39 Å². The van der Waals surface area contributed by atoms with Crippen molar-refractivity contribution < 1.29 is 13.9 Å². The third-order valence-electron chi connectivity index (χ3n) is 3.94. The molecule has 110 valence electrons. The summed E-state index contributed by atoms with van der Waals surface area (Å²) in [6.07, 6.45) is 0.967. The number of amides is 1. The summed E-state index contributed by atoms with van der Waals surface area (Å²) in [6.45, 7) is 4.15. The first-order valence-electron chi connectivity index (χ1n) is 6.90. The molecule has 2 rings (SSSR count). The van der Waals surface area contributed by atoms with Crippen molar-refractivity contribution in [1.82, 2.24) is 9.80 Å². The number of benzene rings is 1. The summed E-state index contributed by atoms with van der Waals surface area (Å²) in [6, 6.07) is 4.78. The van der Waals surface area contributed by atoms with E-state index in [0.29, 0.717) is 24.9 Å². The number of nitrogens with zero attached hydrogens (tertiary/aromatic N) is 2. The van der Waals surface area contributed by atoms with Crippen molar-refractivity contribution in [3.8, 4) is 5.75 Å². The van der Waals surface area contributed by atoms with Crippen molar-refractivity contribution in [3.63, 3.8) is 0 Å². The number of halogens is 1. The number of piperazine rings is 1. The molecule has 4 nitrogen and oxygen atoms in total. The van der Waals surface area contributed by atoms with E-state index in [2.05, 4.69) is 18.9 Å². The Morgan fingerprint density at radius 1 is 1.45 bits per heavy atom. The van der Waals surface area contributed by atoms with Crippen LogP contribution in [0, 0.1) is 5.82 Å². The molecule has 1 atom stereocenters. The molecule has 1 amide bonds. The molecule has 1 unspecified atom stereocenters. The van der Waals surface area contributed by atoms with E-state index < -0.39 is 5.82 Å². The second-order valence-electron chi connectivity index (χ2n) is 5.11. The average molecular weight is 280 g/mol. The van der Waals surface area contributed by atoms with Gasteiger partial charge in [-0.2, -0.15) is 0 Å². The molecule has 0 aromatic heterocycles. The zero-order valence-electron chi connectivity index (χ0n) is 12.2. The Morgan fingerprint density at radius 2 is 2.20 bits per heavy atom. The van der Waals surface area contributed by atoms with E-state index in [1.807, 2.05) is 0 Å². The third-order valence-corrected chi connectivity index (χ3v) is 3.94. The summed E-state index contributed by atoms with van der Waals surface area (Å²) < 4.78 is 19.1. The van der Waals surface area contributed by atoms with E-state index in [9.17, 15) is 9.18 Å². The van der Waals surface area contributed by atoms with Crippen molar-refractivity contribution >= 4 is 5.91 Å². The van der Waals surface area contributed by atoms with Gasteiger partial charge in [-0.15, -0.1) is 0 Å². The highest BCUT2D eigenvalue weighted by Gasteiger charge is 2.29. The summed E-state index contributed by atoms with van der Waals surface area (Å²) in [5.74, 6) is -0.519. The molecule has 0 saturated carbocycles. The number of carbonyl (C=O) groups is 1. The normalized spacial score (nSPS) is 20.0. The number of methoxy groups -OCH3 is 1. The lowest BCUT2D eigenvalue weighted by Crippen LogP contribution is -2.53. The monoisotopic (exact) mass is 280 g/mol. The van der Waals surface area contributed by atoms with Crippen LogP contribution >= 0.6 is 0 Å². The van der Waals surface area contributed by atoms with Gasteiger partial charge < -0.3 is 9.64 Å². The van der Waals surface area contributed by atoms with Crippen molar-refractivity contribution in [2.45, 2.75) is 19.4 Å². The Bertz CT molecular complexity index is 493. The van der Waals surface area contributed by atoms with Crippen LogP contribution in [0.2, 0.25) is 0 Å². The maximum absolute atomic E-state index is 14.0. The van der Waals surface area contributed by atoms with E-state index in [-0.39, 0.29) is 11.5 Å². The molecular formula is C15H21FN2O2. The lowest BCUT2D eigenvalue weighted by molar-refractivity contribution is 0.0534. The topological polar surface area (TPSA) is 32.8 Å². The lowest BCUT2D eigenvalue weighted by atomic mass is 10.1. The Hall–Kier alpha value is -1.62. The first-order valence-corrected chi connectivity index (χ1v) is 6.90. The van der Waals surface area contributed by atoms with E-state index in [1.165, 1.54) is 13.2 Å². The van der Waals surface area contributed by atoms with Gasteiger partial charge in [-0.1, -0.05) is 13.0 Å². The van der Waals surface area contributed by atoms with E-state index in [1.54, 1.807) is 17.0 Å². The van der Waals surface area contributed by atoms with E-state index in [0.717, 1.165) is 13.0 Å². The average Bonchev–Trinajstić information content (AvgIpc) is 2.46. The zero-order valence-corrected chi connectivity index (χ0v) is 12.2. The standard InChI is InChI=1S/C15H21FN2O2/c1-4-11-10-18(9-8-17(11)2)15(19)14-12(16)6-5-7-13(14)20-3/h5-7,11H,4,8-10H2,1-3H3. The van der Waals surface area contributed by atoms with Crippen LogP contribution in [0.1, 0.15) is 23.7 Å². The Labute approximate surface area is 119 Å². The van der Waals surface area contributed by atoms with Gasteiger partial charge in [0.15, 0.2) is 0 Å². The van der Waals surface area contributed by atoms with Gasteiger partial charge in [0.1, 0.15) is 17.1 Å². The molecular weight excluding hydrogens is 259 g/mol. The first-order chi connectivity index (χ1) is 9.58. The van der Waals surface area contributed by atoms with Gasteiger partial charge in [-0.25, -0.2) is 4.39 Å². The van der Waals surface area contributed by atoms with Crippen LogP contribution in [-0.2, 0) is 0 Å². The molecule has 0 bridgehead atoms. The third kappa shape index (κ3) is 2.77. The molecule has 5 heteroatoms. The number of rotatable bonds is 3. The maximum atomic E-state index is 14.0. The predicted octanol–water partition coefficient (Wildman–Crippen LogP) is 2.00. The number of ether oxygens (including phenoxy) is 1. The fraction of sp³-hybridized carbons (Fsp3) is 0.533. The number of carbonyl (C=O) groups excluding carboxylic acids is 1. The number of hydrogen-bond donors (Lipinski definition) is 0. The van der Waals surface area contributed by atoms with Crippen LogP contribution < -0.4 is 4.74 Å². The molecule has 0 aliphatic carbocycles. The Balaban J connectivity index is 2.24. The molecule has 1 fully saturated rings. The predicted molar refractivity (Wildman–Crippen MR) is 75.6 cm³/mol. The summed E-state index contributed by atoms with van der Waals surface area (Å²) in [5, 5.41) is 0. The SMILES string of the molecule is CCC1CN(C(=O)c2c(F)cccc2OC)CCN1C.